The Morgan fingerprint density at radius 3 is 1.78 bits per heavy atom. The predicted molar refractivity (Wildman–Crippen MR) is 133 cm³/mol. The molecule has 0 bridgehead atoms. The Hall–Kier alpha value is -4.41. The maximum atomic E-state index is 13.0. The molecule has 0 atom stereocenters. The van der Waals surface area contributed by atoms with E-state index in [1.54, 1.807) is 27.7 Å². The minimum absolute atomic E-state index is 0.00494. The van der Waals surface area contributed by atoms with Crippen LogP contribution in [-0.4, -0.2) is 79.7 Å². The van der Waals surface area contributed by atoms with Gasteiger partial charge in [-0.25, -0.2) is 14.3 Å². The van der Waals surface area contributed by atoms with Crippen LogP contribution in [0.25, 0.3) is 11.8 Å². The van der Waals surface area contributed by atoms with E-state index >= 15 is 0 Å². The molecule has 2 amide bonds. The second-order valence-corrected chi connectivity index (χ2v) is 7.59. The summed E-state index contributed by atoms with van der Waals surface area (Å²) in [6.45, 7) is 8.76. The highest BCUT2D eigenvalue weighted by Gasteiger charge is 2.25. The summed E-state index contributed by atoms with van der Waals surface area (Å²) >= 11 is 0. The van der Waals surface area contributed by atoms with Crippen LogP contribution >= 0.6 is 0 Å². The van der Waals surface area contributed by atoms with Gasteiger partial charge in [-0.3, -0.25) is 19.5 Å². The lowest BCUT2D eigenvalue weighted by Crippen LogP contribution is -2.40. The highest BCUT2D eigenvalue weighted by Crippen LogP contribution is 2.13. The third-order valence-corrected chi connectivity index (χ3v) is 5.60. The van der Waals surface area contributed by atoms with Crippen LogP contribution in [-0.2, 0) is 9.59 Å². The molecule has 0 radical (unpaired) electrons. The van der Waals surface area contributed by atoms with E-state index in [9.17, 15) is 29.1 Å². The lowest BCUT2D eigenvalue weighted by atomic mass is 10.1. The molecule has 3 N–H and O–H groups in total. The number of hydrogen-bond acceptors (Lipinski definition) is 5. The molecule has 0 aliphatic carbocycles. The second-order valence-electron chi connectivity index (χ2n) is 7.59. The van der Waals surface area contributed by atoms with Gasteiger partial charge in [0, 0.05) is 26.2 Å². The highest BCUT2D eigenvalue weighted by atomic mass is 16.4. The minimum Gasteiger partial charge on any atom is -0.478 e. The normalized spacial score (nSPS) is 10.8. The van der Waals surface area contributed by atoms with E-state index in [1.165, 1.54) is 52.3 Å². The van der Waals surface area contributed by atoms with E-state index in [-0.39, 0.29) is 22.4 Å². The number of hydrogen-bond donors (Lipinski definition) is 3. The van der Waals surface area contributed by atoms with Crippen LogP contribution in [0.2, 0.25) is 0 Å². The van der Waals surface area contributed by atoms with Gasteiger partial charge in [0.05, 0.1) is 16.8 Å². The fourth-order valence-electron chi connectivity index (χ4n) is 3.54. The molecule has 0 spiro atoms. The van der Waals surface area contributed by atoms with Gasteiger partial charge in [0.25, 0.3) is 17.4 Å². The van der Waals surface area contributed by atoms with Gasteiger partial charge in [0.2, 0.25) is 0 Å². The molecule has 36 heavy (non-hydrogen) atoms. The van der Waals surface area contributed by atoms with Crippen molar-refractivity contribution in [2.45, 2.75) is 27.7 Å². The van der Waals surface area contributed by atoms with Crippen molar-refractivity contribution >= 4 is 29.8 Å². The molecule has 2 rings (SSSR count). The van der Waals surface area contributed by atoms with Gasteiger partial charge in [-0.15, -0.1) is 0 Å². The molecule has 1 aromatic heterocycles. The fraction of sp³-hybridized carbons (Fsp3) is 0.320. The number of amides is 2. The van der Waals surface area contributed by atoms with Gasteiger partial charge in [0.15, 0.2) is 5.69 Å². The number of carbonyl (C=O) groups excluding carboxylic acids is 2. The summed E-state index contributed by atoms with van der Waals surface area (Å²) in [5.41, 5.74) is -1.17. The average molecular weight is 499 g/mol. The number of aromatic carboxylic acids is 2. The molecule has 2 aromatic rings. The number of nitrogens with one attached hydrogen (secondary N) is 1. The zero-order valence-electron chi connectivity index (χ0n) is 20.6. The Morgan fingerprint density at radius 2 is 1.36 bits per heavy atom. The number of likely N-dealkylation sites (N-methyl/N-ethyl adjacent to an activating group) is 2. The number of carboxylic acid groups (broad SMARTS) is 2. The molecule has 0 saturated carbocycles. The van der Waals surface area contributed by atoms with Gasteiger partial charge >= 0.3 is 11.9 Å². The summed E-state index contributed by atoms with van der Waals surface area (Å²) < 4.78 is 0.974. The van der Waals surface area contributed by atoms with E-state index in [0.29, 0.717) is 26.2 Å². The Morgan fingerprint density at radius 1 is 0.861 bits per heavy atom. The van der Waals surface area contributed by atoms with Gasteiger partial charge in [0.1, 0.15) is 5.57 Å². The Kier molecular flexibility index (Phi) is 9.54. The fourth-order valence-corrected chi connectivity index (χ4v) is 3.54. The first kappa shape index (κ1) is 27.8. The monoisotopic (exact) mass is 498 g/mol. The third-order valence-electron chi connectivity index (χ3n) is 5.60. The van der Waals surface area contributed by atoms with E-state index < -0.39 is 35.0 Å². The molecular weight excluding hydrogens is 468 g/mol. The maximum absolute atomic E-state index is 13.0. The van der Waals surface area contributed by atoms with Crippen molar-refractivity contribution in [3.63, 3.8) is 0 Å². The van der Waals surface area contributed by atoms with Crippen molar-refractivity contribution in [2.75, 3.05) is 26.2 Å². The number of carbonyl (C=O) groups is 4. The van der Waals surface area contributed by atoms with Crippen LogP contribution in [0, 0.1) is 0 Å². The SMILES string of the molecule is CCN(CC)C(=O)C(=CC=Cc1c(C(=O)O)[nH]n(-c2ccc(C(=O)O)cc2)c1=O)C(=O)N(CC)CC. The Balaban J connectivity index is 2.56. The number of rotatable bonds is 11. The van der Waals surface area contributed by atoms with E-state index in [2.05, 4.69) is 5.10 Å². The number of allylic oxidation sites excluding steroid dienone is 2. The van der Waals surface area contributed by atoms with Crippen LogP contribution in [0.5, 0.6) is 0 Å². The van der Waals surface area contributed by atoms with E-state index in [1.807, 2.05) is 0 Å². The number of aromatic amines is 1. The molecule has 0 unspecified atom stereocenters. The molecule has 0 saturated heterocycles. The van der Waals surface area contributed by atoms with E-state index in [4.69, 9.17) is 5.11 Å². The molecule has 192 valence electrons. The van der Waals surface area contributed by atoms with Crippen molar-refractivity contribution in [3.05, 3.63) is 69.2 Å². The first-order chi connectivity index (χ1) is 17.1. The van der Waals surface area contributed by atoms with Crippen molar-refractivity contribution in [3.8, 4) is 5.69 Å². The smallest absolute Gasteiger partial charge is 0.354 e. The Bertz CT molecular complexity index is 1220. The van der Waals surface area contributed by atoms with Crippen LogP contribution in [0.3, 0.4) is 0 Å². The standard InChI is InChI=1S/C25H30N4O7/c1-5-27(6-2)21(30)19(22(31)28(7-3)8-4)11-9-10-18-20(25(35)36)26-29(23(18)32)17-14-12-16(13-15-17)24(33)34/h9-15,26H,5-8H2,1-4H3,(H,33,34)(H,35,36). The van der Waals surface area contributed by atoms with Gasteiger partial charge in [-0.2, -0.15) is 0 Å². The number of aromatic nitrogens is 2. The highest BCUT2D eigenvalue weighted by molar-refractivity contribution is 6.18. The summed E-state index contributed by atoms with van der Waals surface area (Å²) in [4.78, 5) is 64.8. The van der Waals surface area contributed by atoms with Crippen molar-refractivity contribution in [1.29, 1.82) is 0 Å². The first-order valence-electron chi connectivity index (χ1n) is 11.5. The second kappa shape index (κ2) is 12.3. The zero-order chi connectivity index (χ0) is 27.0. The molecule has 0 aliphatic rings. The third kappa shape index (κ3) is 5.98. The molecule has 0 aliphatic heterocycles. The van der Waals surface area contributed by atoms with Gasteiger partial charge in [-0.1, -0.05) is 6.08 Å². The lowest BCUT2D eigenvalue weighted by molar-refractivity contribution is -0.133. The number of H-pyrrole nitrogens is 1. The first-order valence-corrected chi connectivity index (χ1v) is 11.5. The predicted octanol–water partition coefficient (Wildman–Crippen LogP) is 2.24. The van der Waals surface area contributed by atoms with Crippen LogP contribution in [0.1, 0.15) is 54.1 Å². The average Bonchev–Trinajstić information content (AvgIpc) is 3.19. The summed E-state index contributed by atoms with van der Waals surface area (Å²) in [5.74, 6) is -3.47. The molecule has 11 nitrogen and oxygen atoms in total. The summed E-state index contributed by atoms with van der Waals surface area (Å²) in [6.07, 6.45) is 3.80. The van der Waals surface area contributed by atoms with Gasteiger partial charge < -0.3 is 20.0 Å². The number of carboxylic acids is 2. The summed E-state index contributed by atoms with van der Waals surface area (Å²) in [5, 5.41) is 21.2. The van der Waals surface area contributed by atoms with Crippen LogP contribution in [0.15, 0.2) is 46.8 Å². The minimum atomic E-state index is -1.39. The molecule has 1 heterocycles. The molecular formula is C25H30N4O7. The maximum Gasteiger partial charge on any atom is 0.354 e. The zero-order valence-corrected chi connectivity index (χ0v) is 20.6. The molecule has 11 heteroatoms. The van der Waals surface area contributed by atoms with Gasteiger partial charge in [-0.05, 0) is 64.1 Å². The quantitative estimate of drug-likeness (QED) is 0.186. The van der Waals surface area contributed by atoms with Crippen molar-refractivity contribution in [2.24, 2.45) is 0 Å². The lowest BCUT2D eigenvalue weighted by Gasteiger charge is -2.24. The topological polar surface area (TPSA) is 153 Å². The van der Waals surface area contributed by atoms with Crippen molar-refractivity contribution in [1.82, 2.24) is 19.6 Å². The largest absolute Gasteiger partial charge is 0.478 e. The molecule has 0 fully saturated rings. The number of nitrogens with zero attached hydrogens (tertiary/aromatic N) is 3. The van der Waals surface area contributed by atoms with Crippen LogP contribution < -0.4 is 5.56 Å². The summed E-state index contributed by atoms with van der Waals surface area (Å²) in [6, 6.07) is 5.30. The van der Waals surface area contributed by atoms with Crippen molar-refractivity contribution < 1.29 is 29.4 Å². The Labute approximate surface area is 207 Å². The summed E-state index contributed by atoms with van der Waals surface area (Å²) in [7, 11) is 0. The van der Waals surface area contributed by atoms with Crippen LogP contribution in [0.4, 0.5) is 0 Å². The molecule has 1 aromatic carbocycles. The number of benzene rings is 1. The van der Waals surface area contributed by atoms with E-state index in [0.717, 1.165) is 4.68 Å².